The lowest BCUT2D eigenvalue weighted by atomic mass is 10.0. The highest BCUT2D eigenvalue weighted by molar-refractivity contribution is 7.47. The lowest BCUT2D eigenvalue weighted by Gasteiger charge is -2.27. The first-order valence-electron chi connectivity index (χ1n) is 38.5. The number of phosphoric ester groups is 1. The first kappa shape index (κ1) is 84.8. The second-order valence-corrected chi connectivity index (χ2v) is 29.4. The molecule has 0 bridgehead atoms. The highest BCUT2D eigenvalue weighted by Crippen LogP contribution is 2.43. The molecule has 1 amide bonds. The summed E-state index contributed by atoms with van der Waals surface area (Å²) >= 11 is 0. The van der Waals surface area contributed by atoms with Crippen LogP contribution in [0.2, 0.25) is 0 Å². The van der Waals surface area contributed by atoms with E-state index < -0.39 is 20.0 Å². The van der Waals surface area contributed by atoms with E-state index in [0.29, 0.717) is 23.9 Å². The maximum absolute atomic E-state index is 13.6. The molecule has 0 rings (SSSR count). The fourth-order valence-electron chi connectivity index (χ4n) is 12.1. The predicted molar refractivity (Wildman–Crippen MR) is 374 cm³/mol. The molecule has 3 unspecified atom stereocenters. The number of unbranched alkanes of at least 4 members (excludes halogenated alkanes) is 56. The van der Waals surface area contributed by atoms with E-state index in [-0.39, 0.29) is 25.1 Å². The van der Waals surface area contributed by atoms with Gasteiger partial charge in [0.25, 0.3) is 0 Å². The average Bonchev–Trinajstić information content (AvgIpc) is 3.66. The lowest BCUT2D eigenvalue weighted by molar-refractivity contribution is -0.870. The minimum Gasteiger partial charge on any atom is -0.456 e. The van der Waals surface area contributed by atoms with Crippen molar-refractivity contribution in [3.63, 3.8) is 0 Å². The van der Waals surface area contributed by atoms with Crippen LogP contribution in [0, 0.1) is 0 Å². The highest BCUT2D eigenvalue weighted by atomic mass is 31.2. The summed E-state index contributed by atoms with van der Waals surface area (Å²) in [6.07, 6.45) is 81.0. The number of quaternary nitrogens is 1. The van der Waals surface area contributed by atoms with Gasteiger partial charge in [0.15, 0.2) is 0 Å². The third kappa shape index (κ3) is 67.2. The number of amides is 1. The Labute approximate surface area is 537 Å². The van der Waals surface area contributed by atoms with Gasteiger partial charge in [-0.2, -0.15) is 0 Å². The van der Waals surface area contributed by atoms with Gasteiger partial charge in [0, 0.05) is 12.8 Å². The van der Waals surface area contributed by atoms with Crippen LogP contribution in [-0.4, -0.2) is 74.3 Å². The van der Waals surface area contributed by atoms with Crippen LogP contribution < -0.4 is 5.32 Å². The Kier molecular flexibility index (Phi) is 65.7. The number of rotatable bonds is 72. The minimum atomic E-state index is -4.45. The normalized spacial score (nSPS) is 13.4. The number of hydrogen-bond acceptors (Lipinski definition) is 6. The van der Waals surface area contributed by atoms with Gasteiger partial charge in [-0.15, -0.1) is 0 Å². The Hall–Kier alpha value is -1.25. The minimum absolute atomic E-state index is 0.0463. The van der Waals surface area contributed by atoms with E-state index >= 15 is 0 Å². The Morgan fingerprint density at radius 2 is 0.663 bits per heavy atom. The Morgan fingerprint density at radius 1 is 0.395 bits per heavy atom. The summed E-state index contributed by atoms with van der Waals surface area (Å²) in [6.45, 7) is 7.11. The summed E-state index contributed by atoms with van der Waals surface area (Å²) in [5, 5.41) is 3.09. The first-order valence-corrected chi connectivity index (χ1v) is 40.0. The Balaban J connectivity index is 4.92. The number of carbonyl (C=O) groups is 2. The van der Waals surface area contributed by atoms with E-state index in [0.717, 1.165) is 57.8 Å². The molecule has 9 nitrogen and oxygen atoms in total. The maximum atomic E-state index is 13.6. The smallest absolute Gasteiger partial charge is 0.456 e. The molecule has 0 saturated heterocycles. The molecule has 0 radical (unpaired) electrons. The van der Waals surface area contributed by atoms with Crippen LogP contribution in [0.1, 0.15) is 412 Å². The largest absolute Gasteiger partial charge is 0.472 e. The molecular weight excluding hydrogens is 1080 g/mol. The molecule has 86 heavy (non-hydrogen) atoms. The van der Waals surface area contributed by atoms with Gasteiger partial charge in [0.05, 0.1) is 33.8 Å². The van der Waals surface area contributed by atoms with Crippen LogP contribution in [0.5, 0.6) is 0 Å². The molecular formula is C76H152N2O7P+. The molecule has 0 aromatic rings. The number of likely N-dealkylation sites (N-methyl/N-ethyl adjacent to an activating group) is 1. The highest BCUT2D eigenvalue weighted by Gasteiger charge is 2.30. The number of carbonyl (C=O) groups excluding carboxylic acids is 2. The summed E-state index contributed by atoms with van der Waals surface area (Å²) in [4.78, 5) is 38.0. The number of nitrogens with one attached hydrogen (secondary N) is 1. The summed E-state index contributed by atoms with van der Waals surface area (Å²) in [5.74, 6) is -0.474. The van der Waals surface area contributed by atoms with Gasteiger partial charge in [-0.25, -0.2) is 4.57 Å². The molecule has 512 valence electrons. The summed E-state index contributed by atoms with van der Waals surface area (Å²) in [5.41, 5.74) is 0. The van der Waals surface area contributed by atoms with Crippen molar-refractivity contribution in [2.24, 2.45) is 0 Å². The van der Waals surface area contributed by atoms with Gasteiger partial charge in [-0.05, 0) is 31.8 Å². The van der Waals surface area contributed by atoms with Crippen molar-refractivity contribution in [2.45, 2.75) is 425 Å². The fraction of sp³-hybridized carbons (Fsp3) is 0.947. The standard InChI is InChI=1S/C76H151N2O7P/c1-7-10-13-16-19-22-25-28-30-32-34-36-38-39-41-42-44-46-48-50-53-56-59-62-65-68-75(79)77-73(72-84-86(81,82)83-71-70-78(4,5)6)74(67-64-61-58-55-52-27-24-21-18-15-12-9-3)85-76(80)69-66-63-60-57-54-51-49-47-45-43-40-37-35-33-31-29-26-23-20-17-14-11-8-2/h64,67,73-74H,7-63,65-66,68-72H2,1-6H3,(H-,77,79,81,82)/p+1/b67-64+. The van der Waals surface area contributed by atoms with Crippen molar-refractivity contribution in [1.29, 1.82) is 0 Å². The third-order valence-corrected chi connectivity index (χ3v) is 19.0. The number of phosphoric acid groups is 1. The molecule has 0 aliphatic carbocycles. The molecule has 2 N–H and O–H groups in total. The summed E-state index contributed by atoms with van der Waals surface area (Å²) in [6, 6.07) is -0.841. The van der Waals surface area contributed by atoms with E-state index in [4.69, 9.17) is 13.8 Å². The van der Waals surface area contributed by atoms with Gasteiger partial charge in [0.2, 0.25) is 5.91 Å². The van der Waals surface area contributed by atoms with E-state index in [9.17, 15) is 19.0 Å². The average molecular weight is 1240 g/mol. The second kappa shape index (κ2) is 66.7. The van der Waals surface area contributed by atoms with Crippen LogP contribution in [0.3, 0.4) is 0 Å². The van der Waals surface area contributed by atoms with E-state index in [1.165, 1.54) is 321 Å². The molecule has 3 atom stereocenters. The fourth-order valence-corrected chi connectivity index (χ4v) is 12.8. The van der Waals surface area contributed by atoms with Crippen LogP contribution in [0.4, 0.5) is 0 Å². The SMILES string of the molecule is CCCCCCCCCCCC/C=C/C(OC(=O)CCCCCCCCCCCCCCCCCCCCCCCCC)C(COP(=O)(O)OCC[N+](C)(C)C)NC(=O)CCCCCCCCCCCCCCCCCCCCCCCCCCC. The van der Waals surface area contributed by atoms with Gasteiger partial charge < -0.3 is 19.4 Å². The predicted octanol–water partition coefficient (Wildman–Crippen LogP) is 24.6. The number of hydrogen-bond donors (Lipinski definition) is 2. The molecule has 0 spiro atoms. The Bertz CT molecular complexity index is 1470. The van der Waals surface area contributed by atoms with Gasteiger partial charge in [-0.3, -0.25) is 18.6 Å². The molecule has 0 saturated carbocycles. The quantitative estimate of drug-likeness (QED) is 0.0205. The molecule has 0 aliphatic heterocycles. The number of ether oxygens (including phenoxy) is 1. The van der Waals surface area contributed by atoms with Crippen LogP contribution in [0.15, 0.2) is 12.2 Å². The zero-order valence-electron chi connectivity index (χ0n) is 58.9. The summed E-state index contributed by atoms with van der Waals surface area (Å²) < 4.78 is 30.9. The van der Waals surface area contributed by atoms with Gasteiger partial charge in [-0.1, -0.05) is 380 Å². The maximum Gasteiger partial charge on any atom is 0.472 e. The Morgan fingerprint density at radius 3 is 0.953 bits per heavy atom. The molecule has 10 heteroatoms. The number of esters is 1. The van der Waals surface area contributed by atoms with E-state index in [2.05, 4.69) is 32.2 Å². The third-order valence-electron chi connectivity index (χ3n) is 18.0. The molecule has 0 aromatic heterocycles. The zero-order valence-corrected chi connectivity index (χ0v) is 59.7. The molecule has 0 fully saturated rings. The van der Waals surface area contributed by atoms with Crippen molar-refractivity contribution < 1.29 is 37.3 Å². The molecule has 0 heterocycles. The first-order chi connectivity index (χ1) is 41.9. The molecule has 0 aliphatic rings. The van der Waals surface area contributed by atoms with Crippen LogP contribution in [0.25, 0.3) is 0 Å². The van der Waals surface area contributed by atoms with Crippen molar-refractivity contribution in [1.82, 2.24) is 5.32 Å². The topological polar surface area (TPSA) is 111 Å². The van der Waals surface area contributed by atoms with Crippen molar-refractivity contribution >= 4 is 19.7 Å². The van der Waals surface area contributed by atoms with Gasteiger partial charge >= 0.3 is 13.8 Å². The lowest BCUT2D eigenvalue weighted by Crippen LogP contribution is -2.47. The van der Waals surface area contributed by atoms with Crippen molar-refractivity contribution in [3.05, 3.63) is 12.2 Å². The van der Waals surface area contributed by atoms with Crippen LogP contribution in [-0.2, 0) is 27.9 Å². The monoisotopic (exact) mass is 1240 g/mol. The van der Waals surface area contributed by atoms with Crippen molar-refractivity contribution in [3.8, 4) is 0 Å². The number of nitrogens with zero attached hydrogens (tertiary/aromatic N) is 1. The van der Waals surface area contributed by atoms with Gasteiger partial charge in [0.1, 0.15) is 19.3 Å². The van der Waals surface area contributed by atoms with E-state index in [1.807, 2.05) is 27.2 Å². The van der Waals surface area contributed by atoms with Crippen LogP contribution >= 0.6 is 7.82 Å². The zero-order chi connectivity index (χ0) is 62.8. The van der Waals surface area contributed by atoms with Crippen molar-refractivity contribution in [2.75, 3.05) is 40.9 Å². The number of allylic oxidation sites excluding steroid dienone is 1. The molecule has 0 aromatic carbocycles. The van der Waals surface area contributed by atoms with E-state index in [1.54, 1.807) is 0 Å². The second-order valence-electron chi connectivity index (χ2n) is 27.9. The summed E-state index contributed by atoms with van der Waals surface area (Å²) in [7, 11) is 1.53.